The molecule has 142 valence electrons. The molecule has 0 aliphatic heterocycles. The summed E-state index contributed by atoms with van der Waals surface area (Å²) in [5.74, 6) is 0.487. The Morgan fingerprint density at radius 1 is 1.12 bits per heavy atom. The first-order chi connectivity index (χ1) is 11.5. The number of hydrogen-bond donors (Lipinski definition) is 0. The number of rotatable bonds is 9. The van der Waals surface area contributed by atoms with Crippen LogP contribution in [0, 0.1) is 0 Å². The van der Waals surface area contributed by atoms with Crippen LogP contribution in [0.5, 0.6) is 5.75 Å². The molecule has 0 aliphatic rings. The van der Waals surface area contributed by atoms with Crippen molar-refractivity contribution < 1.29 is 23.4 Å². The molecule has 1 unspecified atom stereocenters. The van der Waals surface area contributed by atoms with E-state index in [1.165, 1.54) is 6.92 Å². The van der Waals surface area contributed by atoms with Crippen LogP contribution in [0.15, 0.2) is 24.3 Å². The van der Waals surface area contributed by atoms with Crippen molar-refractivity contribution in [1.29, 1.82) is 0 Å². The molecule has 1 aromatic rings. The number of carbonyl (C=O) groups is 1. The van der Waals surface area contributed by atoms with Crippen LogP contribution in [0.1, 0.15) is 33.3 Å². The topological polar surface area (TPSA) is 54.0 Å². The highest BCUT2D eigenvalue weighted by Crippen LogP contribution is 2.36. The second kappa shape index (κ2) is 9.36. The highest BCUT2D eigenvalue weighted by atomic mass is 28.4. The second-order valence-electron chi connectivity index (χ2n) is 7.67. The van der Waals surface area contributed by atoms with Crippen molar-refractivity contribution in [2.24, 2.45) is 0 Å². The van der Waals surface area contributed by atoms with Gasteiger partial charge in [0.25, 0.3) is 0 Å². The molecule has 0 radical (unpaired) electrons. The molecule has 0 N–H and O–H groups in total. The lowest BCUT2D eigenvalue weighted by molar-refractivity contribution is -0.151. The summed E-state index contributed by atoms with van der Waals surface area (Å²) in [4.78, 5) is 11.3. The highest BCUT2D eigenvalue weighted by molar-refractivity contribution is 6.74. The monoisotopic (exact) mass is 368 g/mol. The molecule has 5 nitrogen and oxygen atoms in total. The van der Waals surface area contributed by atoms with Crippen molar-refractivity contribution in [1.82, 2.24) is 0 Å². The Hall–Kier alpha value is -1.37. The molecule has 0 bridgehead atoms. The third kappa shape index (κ3) is 7.58. The fraction of sp³-hybridized carbons (Fsp3) is 0.632. The largest absolute Gasteiger partial charge is 0.497 e. The van der Waals surface area contributed by atoms with E-state index in [9.17, 15) is 4.79 Å². The van der Waals surface area contributed by atoms with Gasteiger partial charge in [0.15, 0.2) is 8.32 Å². The molecule has 0 saturated carbocycles. The van der Waals surface area contributed by atoms with Crippen molar-refractivity contribution in [2.45, 2.75) is 58.5 Å². The maximum Gasteiger partial charge on any atom is 0.303 e. The molecular weight excluding hydrogens is 336 g/mol. The molecule has 0 aliphatic carbocycles. The summed E-state index contributed by atoms with van der Waals surface area (Å²) in [6.45, 7) is 13.4. The normalized spacial score (nSPS) is 13.4. The maximum atomic E-state index is 11.3. The zero-order valence-corrected chi connectivity index (χ0v) is 17.5. The zero-order valence-electron chi connectivity index (χ0n) is 16.5. The minimum Gasteiger partial charge on any atom is -0.497 e. The van der Waals surface area contributed by atoms with Crippen LogP contribution in [-0.4, -0.2) is 40.7 Å². The summed E-state index contributed by atoms with van der Waals surface area (Å²) in [5, 5.41) is 0.109. The molecule has 0 saturated heterocycles. The van der Waals surface area contributed by atoms with E-state index in [1.807, 2.05) is 24.3 Å². The first kappa shape index (κ1) is 21.7. The summed E-state index contributed by atoms with van der Waals surface area (Å²) >= 11 is 0. The Balaban J connectivity index is 2.53. The predicted octanol–water partition coefficient (Wildman–Crippen LogP) is 4.17. The first-order valence-corrected chi connectivity index (χ1v) is 11.5. The quantitative estimate of drug-likeness (QED) is 0.484. The van der Waals surface area contributed by atoms with Gasteiger partial charge in [0, 0.05) is 6.92 Å². The Morgan fingerprint density at radius 3 is 2.20 bits per heavy atom. The molecule has 6 heteroatoms. The summed E-state index contributed by atoms with van der Waals surface area (Å²) in [6.07, 6.45) is -0.398. The number of hydrogen-bond acceptors (Lipinski definition) is 5. The number of methoxy groups -OCH3 is 1. The van der Waals surface area contributed by atoms with Crippen molar-refractivity contribution in [3.63, 3.8) is 0 Å². The summed E-state index contributed by atoms with van der Waals surface area (Å²) < 4.78 is 22.4. The van der Waals surface area contributed by atoms with Gasteiger partial charge in [0.1, 0.15) is 11.9 Å². The molecule has 0 amide bonds. The van der Waals surface area contributed by atoms with Gasteiger partial charge in [0.2, 0.25) is 0 Å². The van der Waals surface area contributed by atoms with E-state index in [1.54, 1.807) is 7.11 Å². The van der Waals surface area contributed by atoms with Crippen LogP contribution in [0.2, 0.25) is 18.1 Å². The smallest absolute Gasteiger partial charge is 0.303 e. The molecule has 0 fully saturated rings. The lowest BCUT2D eigenvalue weighted by Crippen LogP contribution is -2.43. The van der Waals surface area contributed by atoms with E-state index in [4.69, 9.17) is 18.6 Å². The highest BCUT2D eigenvalue weighted by Gasteiger charge is 2.37. The van der Waals surface area contributed by atoms with Gasteiger partial charge in [0.05, 0.1) is 26.9 Å². The summed E-state index contributed by atoms with van der Waals surface area (Å²) in [7, 11) is -0.257. The standard InChI is InChI=1S/C19H32O5Si/c1-15(20)24-18(14-23-25(6,7)19(2,3)4)13-22-12-16-8-10-17(21-5)11-9-16/h8-11,18H,12-14H2,1-7H3. The Morgan fingerprint density at radius 2 is 1.72 bits per heavy atom. The van der Waals surface area contributed by atoms with Crippen molar-refractivity contribution in [2.75, 3.05) is 20.3 Å². The molecular formula is C19H32O5Si. The van der Waals surface area contributed by atoms with Gasteiger partial charge in [-0.15, -0.1) is 0 Å². The van der Waals surface area contributed by atoms with Crippen LogP contribution < -0.4 is 4.74 Å². The summed E-state index contributed by atoms with van der Waals surface area (Å²) in [5.41, 5.74) is 1.03. The van der Waals surface area contributed by atoms with Gasteiger partial charge in [-0.1, -0.05) is 32.9 Å². The minimum absolute atomic E-state index is 0.109. The Bertz CT molecular complexity index is 534. The van der Waals surface area contributed by atoms with E-state index >= 15 is 0 Å². The van der Waals surface area contributed by atoms with Gasteiger partial charge in [-0.2, -0.15) is 0 Å². The van der Waals surface area contributed by atoms with Gasteiger partial charge in [-0.25, -0.2) is 0 Å². The third-order valence-corrected chi connectivity index (χ3v) is 9.00. The number of esters is 1. The zero-order chi connectivity index (χ0) is 19.1. The van der Waals surface area contributed by atoms with E-state index in [0.29, 0.717) is 19.8 Å². The van der Waals surface area contributed by atoms with Crippen molar-refractivity contribution >= 4 is 14.3 Å². The molecule has 0 spiro atoms. The number of ether oxygens (including phenoxy) is 3. The van der Waals surface area contributed by atoms with Gasteiger partial charge >= 0.3 is 5.97 Å². The Labute approximate surface area is 152 Å². The lowest BCUT2D eigenvalue weighted by atomic mass is 10.2. The fourth-order valence-corrected chi connectivity index (χ4v) is 2.93. The average Bonchev–Trinajstić information content (AvgIpc) is 2.51. The van der Waals surface area contributed by atoms with Crippen LogP contribution in [0.25, 0.3) is 0 Å². The predicted molar refractivity (Wildman–Crippen MR) is 101 cm³/mol. The van der Waals surface area contributed by atoms with E-state index in [2.05, 4.69) is 33.9 Å². The second-order valence-corrected chi connectivity index (χ2v) is 12.5. The first-order valence-electron chi connectivity index (χ1n) is 8.57. The molecule has 1 atom stereocenters. The number of carbonyl (C=O) groups excluding carboxylic acids is 1. The summed E-state index contributed by atoms with van der Waals surface area (Å²) in [6, 6.07) is 7.68. The molecule has 0 heterocycles. The SMILES string of the molecule is COc1ccc(COCC(CO[Si](C)(C)C(C)(C)C)OC(C)=O)cc1. The Kier molecular flexibility index (Phi) is 8.11. The number of benzene rings is 1. The van der Waals surface area contributed by atoms with E-state index in [0.717, 1.165) is 11.3 Å². The van der Waals surface area contributed by atoms with Gasteiger partial charge < -0.3 is 18.6 Å². The molecule has 1 rings (SSSR count). The fourth-order valence-electron chi connectivity index (χ4n) is 1.90. The third-order valence-electron chi connectivity index (χ3n) is 4.50. The average molecular weight is 369 g/mol. The minimum atomic E-state index is -1.89. The van der Waals surface area contributed by atoms with Gasteiger partial charge in [-0.3, -0.25) is 4.79 Å². The van der Waals surface area contributed by atoms with Crippen LogP contribution >= 0.6 is 0 Å². The lowest BCUT2D eigenvalue weighted by Gasteiger charge is -2.37. The van der Waals surface area contributed by atoms with Crippen molar-refractivity contribution in [3.05, 3.63) is 29.8 Å². The van der Waals surface area contributed by atoms with Gasteiger partial charge in [-0.05, 0) is 35.8 Å². The van der Waals surface area contributed by atoms with Crippen LogP contribution in [0.4, 0.5) is 0 Å². The van der Waals surface area contributed by atoms with E-state index in [-0.39, 0.29) is 11.0 Å². The van der Waals surface area contributed by atoms with Crippen LogP contribution in [0.3, 0.4) is 0 Å². The van der Waals surface area contributed by atoms with Crippen molar-refractivity contribution in [3.8, 4) is 5.75 Å². The molecule has 0 aromatic heterocycles. The van der Waals surface area contributed by atoms with E-state index < -0.39 is 14.4 Å². The maximum absolute atomic E-state index is 11.3. The molecule has 1 aromatic carbocycles. The van der Waals surface area contributed by atoms with Crippen LogP contribution in [-0.2, 0) is 25.3 Å². The molecule has 25 heavy (non-hydrogen) atoms.